The third kappa shape index (κ3) is 1.69. The first-order valence-electron chi connectivity index (χ1n) is 5.68. The summed E-state index contributed by atoms with van der Waals surface area (Å²) in [6, 6.07) is 3.55. The van der Waals surface area contributed by atoms with Crippen molar-refractivity contribution in [2.24, 2.45) is 0 Å². The number of hydrogen-bond donors (Lipinski definition) is 2. The topological polar surface area (TPSA) is 40.7 Å². The van der Waals surface area contributed by atoms with Crippen molar-refractivity contribution in [1.29, 1.82) is 0 Å². The molecule has 2 N–H and O–H groups in total. The van der Waals surface area contributed by atoms with Gasteiger partial charge in [0, 0.05) is 17.7 Å². The van der Waals surface area contributed by atoms with Crippen molar-refractivity contribution >= 4 is 11.0 Å². The molecule has 1 aliphatic heterocycles. The fourth-order valence-corrected chi connectivity index (χ4v) is 2.36. The summed E-state index contributed by atoms with van der Waals surface area (Å²) in [5.41, 5.74) is 2.85. The lowest BCUT2D eigenvalue weighted by molar-refractivity contribution is 0.455. The van der Waals surface area contributed by atoms with Gasteiger partial charge < -0.3 is 10.3 Å². The van der Waals surface area contributed by atoms with Gasteiger partial charge in [-0.25, -0.2) is 4.39 Å². The lowest BCUT2D eigenvalue weighted by Gasteiger charge is -2.21. The van der Waals surface area contributed by atoms with Crippen LogP contribution in [-0.2, 0) is 0 Å². The highest BCUT2D eigenvalue weighted by Crippen LogP contribution is 2.26. The summed E-state index contributed by atoms with van der Waals surface area (Å²) in [6.07, 6.45) is 3.53. The van der Waals surface area contributed by atoms with Crippen molar-refractivity contribution in [3.05, 3.63) is 29.8 Å². The minimum Gasteiger partial charge on any atom is -0.357 e. The summed E-state index contributed by atoms with van der Waals surface area (Å²) in [7, 11) is 0. The number of nitrogens with zero attached hydrogens (tertiary/aromatic N) is 1. The molecule has 16 heavy (non-hydrogen) atoms. The minimum absolute atomic E-state index is 0.286. The summed E-state index contributed by atoms with van der Waals surface area (Å²) in [4.78, 5) is 7.35. The van der Waals surface area contributed by atoms with Crippen LogP contribution in [0.5, 0.6) is 0 Å². The van der Waals surface area contributed by atoms with Crippen LogP contribution in [0.2, 0.25) is 0 Å². The molecule has 84 valence electrons. The van der Waals surface area contributed by atoms with Gasteiger partial charge in [-0.1, -0.05) is 0 Å². The Morgan fingerprint density at radius 1 is 1.25 bits per heavy atom. The van der Waals surface area contributed by atoms with Crippen LogP contribution >= 0.6 is 0 Å². The first-order valence-corrected chi connectivity index (χ1v) is 5.68. The minimum atomic E-state index is -0.286. The van der Waals surface area contributed by atoms with E-state index in [4.69, 9.17) is 0 Å². The second kappa shape index (κ2) is 3.87. The summed E-state index contributed by atoms with van der Waals surface area (Å²) >= 11 is 0. The van der Waals surface area contributed by atoms with Crippen LogP contribution in [0.15, 0.2) is 18.3 Å². The van der Waals surface area contributed by atoms with Crippen molar-refractivity contribution in [1.82, 2.24) is 15.3 Å². The van der Waals surface area contributed by atoms with Crippen LogP contribution < -0.4 is 5.32 Å². The van der Waals surface area contributed by atoms with E-state index in [9.17, 15) is 4.39 Å². The molecular weight excluding hydrogens is 205 g/mol. The molecule has 3 heterocycles. The van der Waals surface area contributed by atoms with Gasteiger partial charge in [-0.05, 0) is 32.0 Å². The number of piperidine rings is 1. The van der Waals surface area contributed by atoms with Gasteiger partial charge in [0.1, 0.15) is 5.82 Å². The van der Waals surface area contributed by atoms with E-state index in [0.717, 1.165) is 37.0 Å². The Hall–Kier alpha value is -1.42. The van der Waals surface area contributed by atoms with E-state index >= 15 is 0 Å². The van der Waals surface area contributed by atoms with Crippen LogP contribution in [0.4, 0.5) is 4.39 Å². The molecular formula is C12H14FN3. The van der Waals surface area contributed by atoms with Crippen molar-refractivity contribution in [2.75, 3.05) is 13.1 Å². The number of aromatic nitrogens is 2. The number of H-pyrrole nitrogens is 1. The second-order valence-corrected chi connectivity index (χ2v) is 4.34. The van der Waals surface area contributed by atoms with Crippen LogP contribution in [-0.4, -0.2) is 23.1 Å². The molecule has 0 spiro atoms. The molecule has 0 aromatic carbocycles. The predicted octanol–water partition coefficient (Wildman–Crippen LogP) is 2.17. The Morgan fingerprint density at radius 3 is 2.88 bits per heavy atom. The first kappa shape index (κ1) is 9.78. The van der Waals surface area contributed by atoms with Gasteiger partial charge in [0.25, 0.3) is 0 Å². The summed E-state index contributed by atoms with van der Waals surface area (Å²) in [5.74, 6) is 0.268. The average Bonchev–Trinajstić information content (AvgIpc) is 2.73. The van der Waals surface area contributed by atoms with E-state index in [-0.39, 0.29) is 5.82 Å². The quantitative estimate of drug-likeness (QED) is 0.771. The molecule has 1 fully saturated rings. The molecule has 3 nitrogen and oxygen atoms in total. The zero-order valence-electron chi connectivity index (χ0n) is 8.96. The van der Waals surface area contributed by atoms with E-state index in [1.807, 2.05) is 6.07 Å². The van der Waals surface area contributed by atoms with Gasteiger partial charge in [0.2, 0.25) is 0 Å². The monoisotopic (exact) mass is 219 g/mol. The van der Waals surface area contributed by atoms with E-state index in [1.165, 1.54) is 18.0 Å². The molecule has 1 aliphatic rings. The number of pyridine rings is 1. The molecule has 3 rings (SSSR count). The number of halogens is 1. The van der Waals surface area contributed by atoms with Crippen LogP contribution in [0.25, 0.3) is 11.0 Å². The molecule has 1 saturated heterocycles. The molecule has 0 aliphatic carbocycles. The van der Waals surface area contributed by atoms with Gasteiger partial charge in [-0.3, -0.25) is 4.98 Å². The van der Waals surface area contributed by atoms with Crippen molar-refractivity contribution < 1.29 is 4.39 Å². The molecule has 0 bridgehead atoms. The van der Waals surface area contributed by atoms with Crippen molar-refractivity contribution in [3.63, 3.8) is 0 Å². The fraction of sp³-hybridized carbons (Fsp3) is 0.417. The largest absolute Gasteiger partial charge is 0.357 e. The number of fused-ring (bicyclic) bond motifs is 1. The van der Waals surface area contributed by atoms with Gasteiger partial charge in [-0.15, -0.1) is 0 Å². The predicted molar refractivity (Wildman–Crippen MR) is 60.9 cm³/mol. The maximum Gasteiger partial charge on any atom is 0.143 e. The van der Waals surface area contributed by atoms with Gasteiger partial charge >= 0.3 is 0 Å². The van der Waals surface area contributed by atoms with E-state index in [2.05, 4.69) is 15.3 Å². The second-order valence-electron chi connectivity index (χ2n) is 4.34. The first-order chi connectivity index (χ1) is 7.83. The third-order valence-corrected chi connectivity index (χ3v) is 3.24. The summed E-state index contributed by atoms with van der Waals surface area (Å²) in [5, 5.41) is 3.34. The number of aromatic amines is 1. The van der Waals surface area contributed by atoms with Crippen molar-refractivity contribution in [3.8, 4) is 0 Å². The molecule has 0 radical (unpaired) electrons. The van der Waals surface area contributed by atoms with Gasteiger partial charge in [-0.2, -0.15) is 0 Å². The highest BCUT2D eigenvalue weighted by atomic mass is 19.1. The Balaban J connectivity index is 1.97. The lowest BCUT2D eigenvalue weighted by atomic mass is 9.95. The highest BCUT2D eigenvalue weighted by Gasteiger charge is 2.17. The van der Waals surface area contributed by atoms with Crippen LogP contribution in [0.3, 0.4) is 0 Å². The Kier molecular flexibility index (Phi) is 2.36. The molecule has 4 heteroatoms. The normalized spacial score (nSPS) is 18.1. The van der Waals surface area contributed by atoms with E-state index in [0.29, 0.717) is 5.92 Å². The molecule has 0 saturated carbocycles. The Morgan fingerprint density at radius 2 is 2.06 bits per heavy atom. The molecule has 0 atom stereocenters. The molecule has 2 aromatic heterocycles. The molecule has 2 aromatic rings. The number of rotatable bonds is 1. The number of nitrogens with one attached hydrogen (secondary N) is 2. The maximum atomic E-state index is 13.0. The molecule has 0 unspecified atom stereocenters. The van der Waals surface area contributed by atoms with Crippen LogP contribution in [0.1, 0.15) is 24.5 Å². The summed E-state index contributed by atoms with van der Waals surface area (Å²) in [6.45, 7) is 2.11. The van der Waals surface area contributed by atoms with Crippen LogP contribution in [0, 0.1) is 5.82 Å². The smallest absolute Gasteiger partial charge is 0.143 e. The molecule has 0 amide bonds. The standard InChI is InChI=1S/C12H14FN3/c13-9-5-12-11(15-7-9)6-10(16-12)8-1-3-14-4-2-8/h5-8,14,16H,1-4H2. The summed E-state index contributed by atoms with van der Waals surface area (Å²) < 4.78 is 13.0. The lowest BCUT2D eigenvalue weighted by Crippen LogP contribution is -2.26. The maximum absolute atomic E-state index is 13.0. The van der Waals surface area contributed by atoms with Crippen molar-refractivity contribution in [2.45, 2.75) is 18.8 Å². The Labute approximate surface area is 93.1 Å². The third-order valence-electron chi connectivity index (χ3n) is 3.24. The van der Waals surface area contributed by atoms with Gasteiger partial charge in [0.15, 0.2) is 0 Å². The van der Waals surface area contributed by atoms with E-state index in [1.54, 1.807) is 0 Å². The highest BCUT2D eigenvalue weighted by molar-refractivity contribution is 5.75. The fourth-order valence-electron chi connectivity index (χ4n) is 2.36. The Bertz CT molecular complexity index is 500. The van der Waals surface area contributed by atoms with E-state index < -0.39 is 0 Å². The number of hydrogen-bond acceptors (Lipinski definition) is 2. The zero-order chi connectivity index (χ0) is 11.0. The average molecular weight is 219 g/mol. The van der Waals surface area contributed by atoms with Gasteiger partial charge in [0.05, 0.1) is 17.2 Å². The SMILES string of the molecule is Fc1cnc2cc(C3CCNCC3)[nH]c2c1. The zero-order valence-corrected chi connectivity index (χ0v) is 8.96.